The summed E-state index contributed by atoms with van der Waals surface area (Å²) in [5.41, 5.74) is 2.40. The number of esters is 1. The fourth-order valence-electron chi connectivity index (χ4n) is 2.21. The van der Waals surface area contributed by atoms with Gasteiger partial charge in [0.05, 0.1) is 6.61 Å². The number of phenols is 1. The normalized spacial score (nSPS) is 10.3. The van der Waals surface area contributed by atoms with Gasteiger partial charge in [0, 0.05) is 5.56 Å². The predicted molar refractivity (Wildman–Crippen MR) is 84.3 cm³/mol. The molecule has 2 aromatic carbocycles. The van der Waals surface area contributed by atoms with E-state index in [0.29, 0.717) is 23.5 Å². The van der Waals surface area contributed by atoms with Gasteiger partial charge in [0.15, 0.2) is 0 Å². The standard InChI is InChI=1S/C18H20O4/c1-4-21-18(20)16-12(2)10-15(13(3)17(16)19)22-11-14-8-6-5-7-9-14/h5-10,19H,4,11H2,1-3H3. The Kier molecular flexibility index (Phi) is 5.04. The first-order valence-corrected chi connectivity index (χ1v) is 7.21. The van der Waals surface area contributed by atoms with Gasteiger partial charge in [-0.1, -0.05) is 30.3 Å². The van der Waals surface area contributed by atoms with Gasteiger partial charge in [-0.05, 0) is 38.0 Å². The highest BCUT2D eigenvalue weighted by Gasteiger charge is 2.20. The molecule has 0 fully saturated rings. The van der Waals surface area contributed by atoms with Crippen LogP contribution in [0, 0.1) is 13.8 Å². The first-order valence-electron chi connectivity index (χ1n) is 7.21. The second-order valence-electron chi connectivity index (χ2n) is 5.03. The Morgan fingerprint density at radius 3 is 2.50 bits per heavy atom. The maximum Gasteiger partial charge on any atom is 0.342 e. The summed E-state index contributed by atoms with van der Waals surface area (Å²) < 4.78 is 10.7. The van der Waals surface area contributed by atoms with Crippen LogP contribution in [0.2, 0.25) is 0 Å². The van der Waals surface area contributed by atoms with E-state index in [1.807, 2.05) is 30.3 Å². The number of ether oxygens (including phenoxy) is 2. The first kappa shape index (κ1) is 15.9. The number of carbonyl (C=O) groups is 1. The molecule has 0 bridgehead atoms. The third-order valence-corrected chi connectivity index (χ3v) is 3.42. The van der Waals surface area contributed by atoms with Crippen LogP contribution in [-0.4, -0.2) is 17.7 Å². The van der Waals surface area contributed by atoms with Gasteiger partial charge in [0.2, 0.25) is 0 Å². The molecule has 4 nitrogen and oxygen atoms in total. The Balaban J connectivity index is 2.25. The lowest BCUT2D eigenvalue weighted by atomic mass is 10.0. The molecule has 2 rings (SSSR count). The summed E-state index contributed by atoms with van der Waals surface area (Å²) in [4.78, 5) is 11.9. The zero-order valence-electron chi connectivity index (χ0n) is 13.1. The summed E-state index contributed by atoms with van der Waals surface area (Å²) in [7, 11) is 0. The Labute approximate surface area is 130 Å². The summed E-state index contributed by atoms with van der Waals surface area (Å²) in [5.74, 6) is -0.0383. The van der Waals surface area contributed by atoms with Crippen molar-refractivity contribution in [3.05, 3.63) is 58.7 Å². The molecule has 0 aliphatic carbocycles. The third kappa shape index (κ3) is 3.39. The molecule has 0 atom stereocenters. The van der Waals surface area contributed by atoms with Gasteiger partial charge in [-0.3, -0.25) is 0 Å². The second-order valence-corrected chi connectivity index (χ2v) is 5.03. The molecular formula is C18H20O4. The quantitative estimate of drug-likeness (QED) is 0.854. The molecule has 22 heavy (non-hydrogen) atoms. The molecule has 2 aromatic rings. The smallest absolute Gasteiger partial charge is 0.342 e. The number of rotatable bonds is 5. The highest BCUT2D eigenvalue weighted by atomic mass is 16.5. The van der Waals surface area contributed by atoms with Crippen LogP contribution >= 0.6 is 0 Å². The highest BCUT2D eigenvalue weighted by molar-refractivity contribution is 5.95. The average Bonchev–Trinajstić information content (AvgIpc) is 2.51. The number of aryl methyl sites for hydroxylation is 1. The maximum absolute atomic E-state index is 11.9. The van der Waals surface area contributed by atoms with E-state index in [0.717, 1.165) is 5.56 Å². The third-order valence-electron chi connectivity index (χ3n) is 3.42. The van der Waals surface area contributed by atoms with Gasteiger partial charge in [0.1, 0.15) is 23.7 Å². The number of phenolic OH excluding ortho intramolecular Hbond substituents is 1. The van der Waals surface area contributed by atoms with Crippen molar-refractivity contribution in [3.8, 4) is 11.5 Å². The molecule has 0 saturated carbocycles. The Hall–Kier alpha value is -2.49. The lowest BCUT2D eigenvalue weighted by molar-refractivity contribution is 0.0522. The molecule has 1 N–H and O–H groups in total. The van der Waals surface area contributed by atoms with Crippen LogP contribution in [0.3, 0.4) is 0 Å². The largest absolute Gasteiger partial charge is 0.507 e. The van der Waals surface area contributed by atoms with E-state index in [1.54, 1.807) is 26.8 Å². The molecular weight excluding hydrogens is 280 g/mol. The van der Waals surface area contributed by atoms with Gasteiger partial charge in [-0.25, -0.2) is 4.79 Å². The number of benzene rings is 2. The summed E-state index contributed by atoms with van der Waals surface area (Å²) in [6.07, 6.45) is 0. The van der Waals surface area contributed by atoms with Crippen molar-refractivity contribution < 1.29 is 19.4 Å². The number of hydrogen-bond donors (Lipinski definition) is 1. The molecule has 0 aliphatic rings. The van der Waals surface area contributed by atoms with E-state index in [1.165, 1.54) is 0 Å². The van der Waals surface area contributed by atoms with Crippen molar-refractivity contribution in [2.24, 2.45) is 0 Å². The molecule has 0 spiro atoms. The van der Waals surface area contributed by atoms with Crippen LogP contribution in [0.4, 0.5) is 0 Å². The Bertz CT molecular complexity index is 663. The summed E-state index contributed by atoms with van der Waals surface area (Å²) in [5, 5.41) is 10.3. The van der Waals surface area contributed by atoms with E-state index in [-0.39, 0.29) is 17.9 Å². The van der Waals surface area contributed by atoms with Crippen LogP contribution in [0.25, 0.3) is 0 Å². The van der Waals surface area contributed by atoms with Crippen molar-refractivity contribution >= 4 is 5.97 Å². The summed E-state index contributed by atoms with van der Waals surface area (Å²) in [6.45, 7) is 5.87. The molecule has 0 heterocycles. The van der Waals surface area contributed by atoms with Crippen LogP contribution in [0.15, 0.2) is 36.4 Å². The second kappa shape index (κ2) is 6.98. The van der Waals surface area contributed by atoms with Crippen LogP contribution in [-0.2, 0) is 11.3 Å². The lowest BCUT2D eigenvalue weighted by Gasteiger charge is -2.15. The monoisotopic (exact) mass is 300 g/mol. The average molecular weight is 300 g/mol. The number of carbonyl (C=O) groups excluding carboxylic acids is 1. The zero-order valence-corrected chi connectivity index (χ0v) is 13.1. The SMILES string of the molecule is CCOC(=O)c1c(C)cc(OCc2ccccc2)c(C)c1O. The van der Waals surface area contributed by atoms with E-state index in [9.17, 15) is 9.90 Å². The Morgan fingerprint density at radius 1 is 1.18 bits per heavy atom. The van der Waals surface area contributed by atoms with Crippen LogP contribution in [0.5, 0.6) is 11.5 Å². The lowest BCUT2D eigenvalue weighted by Crippen LogP contribution is -2.09. The first-order chi connectivity index (χ1) is 10.5. The minimum Gasteiger partial charge on any atom is -0.507 e. The zero-order chi connectivity index (χ0) is 16.1. The van der Waals surface area contributed by atoms with Crippen molar-refractivity contribution in [2.45, 2.75) is 27.4 Å². The van der Waals surface area contributed by atoms with E-state index < -0.39 is 5.97 Å². The summed E-state index contributed by atoms with van der Waals surface area (Å²) in [6, 6.07) is 11.5. The molecule has 0 radical (unpaired) electrons. The fraction of sp³-hybridized carbons (Fsp3) is 0.278. The molecule has 4 heteroatoms. The molecule has 0 aliphatic heterocycles. The topological polar surface area (TPSA) is 55.8 Å². The van der Waals surface area contributed by atoms with Crippen LogP contribution < -0.4 is 4.74 Å². The summed E-state index contributed by atoms with van der Waals surface area (Å²) >= 11 is 0. The van der Waals surface area contributed by atoms with Crippen LogP contribution in [0.1, 0.15) is 34.0 Å². The molecule has 0 amide bonds. The highest BCUT2D eigenvalue weighted by Crippen LogP contribution is 2.34. The van der Waals surface area contributed by atoms with Gasteiger partial charge >= 0.3 is 5.97 Å². The van der Waals surface area contributed by atoms with E-state index in [2.05, 4.69) is 0 Å². The van der Waals surface area contributed by atoms with Crippen molar-refractivity contribution in [1.82, 2.24) is 0 Å². The van der Waals surface area contributed by atoms with Crippen molar-refractivity contribution in [3.63, 3.8) is 0 Å². The number of aromatic hydroxyl groups is 1. The Morgan fingerprint density at radius 2 is 1.86 bits per heavy atom. The molecule has 0 saturated heterocycles. The van der Waals surface area contributed by atoms with Gasteiger partial charge < -0.3 is 14.6 Å². The van der Waals surface area contributed by atoms with Crippen molar-refractivity contribution in [2.75, 3.05) is 6.61 Å². The number of hydrogen-bond acceptors (Lipinski definition) is 4. The van der Waals surface area contributed by atoms with Gasteiger partial charge in [-0.15, -0.1) is 0 Å². The van der Waals surface area contributed by atoms with Gasteiger partial charge in [0.25, 0.3) is 0 Å². The van der Waals surface area contributed by atoms with Crippen molar-refractivity contribution in [1.29, 1.82) is 0 Å². The molecule has 0 unspecified atom stereocenters. The predicted octanol–water partition coefficient (Wildman–Crippen LogP) is 3.76. The minimum absolute atomic E-state index is 0.0819. The van der Waals surface area contributed by atoms with E-state index >= 15 is 0 Å². The van der Waals surface area contributed by atoms with Gasteiger partial charge in [-0.2, -0.15) is 0 Å². The minimum atomic E-state index is -0.518. The maximum atomic E-state index is 11.9. The van der Waals surface area contributed by atoms with E-state index in [4.69, 9.17) is 9.47 Å². The molecule has 0 aromatic heterocycles. The molecule has 116 valence electrons. The fourth-order valence-corrected chi connectivity index (χ4v) is 2.21.